The topological polar surface area (TPSA) is 58.6 Å². The quantitative estimate of drug-likeness (QED) is 0.860. The van der Waals surface area contributed by atoms with Crippen LogP contribution < -0.4 is 15.0 Å². The molecule has 23 heavy (non-hydrogen) atoms. The highest BCUT2D eigenvalue weighted by Crippen LogP contribution is 2.22. The summed E-state index contributed by atoms with van der Waals surface area (Å²) in [5.74, 6) is 0.416. The van der Waals surface area contributed by atoms with Gasteiger partial charge in [0.25, 0.3) is 5.91 Å². The minimum Gasteiger partial charge on any atom is -0.497 e. The Morgan fingerprint density at radius 1 is 1.09 bits per heavy atom. The highest BCUT2D eigenvalue weighted by Gasteiger charge is 2.39. The van der Waals surface area contributed by atoms with Gasteiger partial charge in [-0.2, -0.15) is 0 Å². The van der Waals surface area contributed by atoms with Crippen LogP contribution in [0.1, 0.15) is 12.0 Å². The Hall–Kier alpha value is -2.66. The standard InChI is InChI=1S/C18H18N2O3/c1-23-15-9-7-13(8-10-15)12-19-16-11-17(21)20(18(16)22)14-5-3-2-4-6-14/h2-10,16,19H,11-12H2,1H3. The Morgan fingerprint density at radius 2 is 1.78 bits per heavy atom. The maximum atomic E-state index is 12.5. The number of carbonyl (C=O) groups excluding carboxylic acids is 2. The van der Waals surface area contributed by atoms with Crippen molar-refractivity contribution in [2.75, 3.05) is 12.0 Å². The number of anilines is 1. The molecule has 1 aliphatic rings. The molecule has 1 N–H and O–H groups in total. The summed E-state index contributed by atoms with van der Waals surface area (Å²) in [5, 5.41) is 3.16. The Bertz CT molecular complexity index is 698. The number of methoxy groups -OCH3 is 1. The highest BCUT2D eigenvalue weighted by molar-refractivity contribution is 6.22. The van der Waals surface area contributed by atoms with Crippen molar-refractivity contribution in [3.8, 4) is 5.75 Å². The van der Waals surface area contributed by atoms with Crippen molar-refractivity contribution >= 4 is 17.5 Å². The fraction of sp³-hybridized carbons (Fsp3) is 0.222. The van der Waals surface area contributed by atoms with Crippen molar-refractivity contribution in [3.63, 3.8) is 0 Å². The summed E-state index contributed by atoms with van der Waals surface area (Å²) in [7, 11) is 1.62. The molecule has 0 aliphatic carbocycles. The zero-order valence-electron chi connectivity index (χ0n) is 12.9. The molecule has 1 fully saturated rings. The third kappa shape index (κ3) is 3.24. The smallest absolute Gasteiger partial charge is 0.251 e. The molecule has 1 atom stereocenters. The van der Waals surface area contributed by atoms with E-state index in [9.17, 15) is 9.59 Å². The van der Waals surface area contributed by atoms with E-state index in [0.29, 0.717) is 12.2 Å². The van der Waals surface area contributed by atoms with Gasteiger partial charge in [-0.3, -0.25) is 9.59 Å². The van der Waals surface area contributed by atoms with Gasteiger partial charge in [0.15, 0.2) is 0 Å². The van der Waals surface area contributed by atoms with Crippen LogP contribution in [-0.4, -0.2) is 25.0 Å². The van der Waals surface area contributed by atoms with Crippen molar-refractivity contribution in [1.82, 2.24) is 5.32 Å². The third-order valence-corrected chi connectivity index (χ3v) is 3.87. The van der Waals surface area contributed by atoms with Crippen LogP contribution in [0.4, 0.5) is 5.69 Å². The Kier molecular flexibility index (Phi) is 4.39. The van der Waals surface area contributed by atoms with Crippen LogP contribution in [0.2, 0.25) is 0 Å². The summed E-state index contributed by atoms with van der Waals surface area (Å²) >= 11 is 0. The summed E-state index contributed by atoms with van der Waals surface area (Å²) in [6, 6.07) is 16.1. The van der Waals surface area contributed by atoms with Crippen molar-refractivity contribution < 1.29 is 14.3 Å². The molecule has 2 amide bonds. The summed E-state index contributed by atoms with van der Waals surface area (Å²) in [5.41, 5.74) is 1.65. The predicted molar refractivity (Wildman–Crippen MR) is 87.2 cm³/mol. The molecule has 1 saturated heterocycles. The van der Waals surface area contributed by atoms with Crippen molar-refractivity contribution in [1.29, 1.82) is 0 Å². The summed E-state index contributed by atoms with van der Waals surface area (Å²) in [6.45, 7) is 0.524. The molecule has 5 heteroatoms. The molecule has 2 aromatic rings. The van der Waals surface area contributed by atoms with E-state index < -0.39 is 6.04 Å². The lowest BCUT2D eigenvalue weighted by atomic mass is 10.2. The maximum Gasteiger partial charge on any atom is 0.251 e. The highest BCUT2D eigenvalue weighted by atomic mass is 16.5. The van der Waals surface area contributed by atoms with Crippen LogP contribution in [0, 0.1) is 0 Å². The second-order valence-corrected chi connectivity index (χ2v) is 5.39. The van der Waals surface area contributed by atoms with Crippen LogP contribution >= 0.6 is 0 Å². The number of nitrogens with zero attached hydrogens (tertiary/aromatic N) is 1. The number of amides is 2. The van der Waals surface area contributed by atoms with Crippen LogP contribution in [0.25, 0.3) is 0 Å². The van der Waals surface area contributed by atoms with Crippen molar-refractivity contribution in [2.24, 2.45) is 0 Å². The SMILES string of the molecule is COc1ccc(CNC2CC(=O)N(c3ccccc3)C2=O)cc1. The van der Waals surface area contributed by atoms with Crippen LogP contribution in [-0.2, 0) is 16.1 Å². The fourth-order valence-corrected chi connectivity index (χ4v) is 2.62. The average molecular weight is 310 g/mol. The van der Waals surface area contributed by atoms with Gasteiger partial charge in [0.2, 0.25) is 5.91 Å². The lowest BCUT2D eigenvalue weighted by Gasteiger charge is -2.15. The first kappa shape index (κ1) is 15.2. The summed E-state index contributed by atoms with van der Waals surface area (Å²) in [6.07, 6.45) is 0.184. The molecule has 118 valence electrons. The van der Waals surface area contributed by atoms with Gasteiger partial charge >= 0.3 is 0 Å². The first-order chi connectivity index (χ1) is 11.2. The summed E-state index contributed by atoms with van der Waals surface area (Å²) in [4.78, 5) is 25.9. The minimum atomic E-state index is -0.482. The molecule has 1 unspecified atom stereocenters. The van der Waals surface area contributed by atoms with Gasteiger partial charge in [-0.05, 0) is 29.8 Å². The molecule has 0 aromatic heterocycles. The first-order valence-corrected chi connectivity index (χ1v) is 7.47. The Labute approximate surface area is 134 Å². The van der Waals surface area contributed by atoms with Gasteiger partial charge < -0.3 is 10.1 Å². The van der Waals surface area contributed by atoms with Crippen molar-refractivity contribution in [2.45, 2.75) is 19.0 Å². The zero-order valence-corrected chi connectivity index (χ0v) is 12.9. The van der Waals surface area contributed by atoms with Gasteiger partial charge in [0, 0.05) is 6.54 Å². The van der Waals surface area contributed by atoms with Gasteiger partial charge in [0.05, 0.1) is 25.3 Å². The first-order valence-electron chi connectivity index (χ1n) is 7.47. The number of hydrogen-bond donors (Lipinski definition) is 1. The fourth-order valence-electron chi connectivity index (χ4n) is 2.62. The molecular formula is C18H18N2O3. The van der Waals surface area contributed by atoms with Crippen LogP contribution in [0.5, 0.6) is 5.75 Å². The van der Waals surface area contributed by atoms with Gasteiger partial charge in [-0.25, -0.2) is 4.90 Å². The molecule has 0 radical (unpaired) electrons. The van der Waals surface area contributed by atoms with Gasteiger partial charge in [-0.15, -0.1) is 0 Å². The second-order valence-electron chi connectivity index (χ2n) is 5.39. The van der Waals surface area contributed by atoms with Gasteiger partial charge in [0.1, 0.15) is 5.75 Å². The monoisotopic (exact) mass is 310 g/mol. The normalized spacial score (nSPS) is 17.6. The average Bonchev–Trinajstić information content (AvgIpc) is 2.88. The van der Waals surface area contributed by atoms with Gasteiger partial charge in [-0.1, -0.05) is 30.3 Å². The largest absolute Gasteiger partial charge is 0.497 e. The number of carbonyl (C=O) groups is 2. The van der Waals surface area contributed by atoms with E-state index >= 15 is 0 Å². The molecule has 2 aromatic carbocycles. The number of para-hydroxylation sites is 1. The lowest BCUT2D eigenvalue weighted by Crippen LogP contribution is -2.38. The Balaban J connectivity index is 1.65. The van der Waals surface area contributed by atoms with E-state index in [-0.39, 0.29) is 18.2 Å². The predicted octanol–water partition coefficient (Wildman–Crippen LogP) is 2.12. The Morgan fingerprint density at radius 3 is 2.43 bits per heavy atom. The lowest BCUT2D eigenvalue weighted by molar-refractivity contribution is -0.121. The van der Waals surface area contributed by atoms with E-state index in [1.165, 1.54) is 4.90 Å². The molecule has 0 bridgehead atoms. The van der Waals surface area contributed by atoms with E-state index in [2.05, 4.69) is 5.32 Å². The van der Waals surface area contributed by atoms with Crippen LogP contribution in [0.3, 0.4) is 0 Å². The molecule has 1 aliphatic heterocycles. The van der Waals surface area contributed by atoms with E-state index in [4.69, 9.17) is 4.74 Å². The summed E-state index contributed by atoms with van der Waals surface area (Å²) < 4.78 is 5.12. The molecule has 1 heterocycles. The number of imide groups is 1. The maximum absolute atomic E-state index is 12.5. The number of rotatable bonds is 5. The molecule has 0 spiro atoms. The van der Waals surface area contributed by atoms with Crippen LogP contribution in [0.15, 0.2) is 54.6 Å². The third-order valence-electron chi connectivity index (χ3n) is 3.87. The number of nitrogens with one attached hydrogen (secondary N) is 1. The molecule has 5 nitrogen and oxygen atoms in total. The minimum absolute atomic E-state index is 0.173. The van der Waals surface area contributed by atoms with Crippen molar-refractivity contribution in [3.05, 3.63) is 60.2 Å². The second kappa shape index (κ2) is 6.62. The number of benzene rings is 2. The molecule has 0 saturated carbocycles. The molecule has 3 rings (SSSR count). The van der Waals surface area contributed by atoms with E-state index in [1.54, 1.807) is 19.2 Å². The zero-order chi connectivity index (χ0) is 16.2. The molecular weight excluding hydrogens is 292 g/mol. The van der Waals surface area contributed by atoms with E-state index in [1.807, 2.05) is 42.5 Å². The number of ether oxygens (including phenoxy) is 1. The number of hydrogen-bond acceptors (Lipinski definition) is 4. The van der Waals surface area contributed by atoms with E-state index in [0.717, 1.165) is 11.3 Å².